The average molecular weight is 305 g/mol. The minimum absolute atomic E-state index is 0.0266. The Bertz CT molecular complexity index is 916. The second kappa shape index (κ2) is 5.63. The summed E-state index contributed by atoms with van der Waals surface area (Å²) in [7, 11) is 2.07. The average Bonchev–Trinajstić information content (AvgIpc) is 3.02. The number of hydrogen-bond acceptors (Lipinski definition) is 3. The summed E-state index contributed by atoms with van der Waals surface area (Å²) in [6.07, 6.45) is 3.97. The van der Waals surface area contributed by atoms with Crippen LogP contribution in [0, 0.1) is 0 Å². The summed E-state index contributed by atoms with van der Waals surface area (Å²) in [6, 6.07) is 16.5. The van der Waals surface area contributed by atoms with Crippen molar-refractivity contribution in [2.45, 2.75) is 25.6 Å². The van der Waals surface area contributed by atoms with Gasteiger partial charge in [0.05, 0.1) is 18.3 Å². The smallest absolute Gasteiger partial charge is 0.275 e. The largest absolute Gasteiger partial charge is 0.280 e. The van der Waals surface area contributed by atoms with Crippen molar-refractivity contribution in [1.29, 1.82) is 0 Å². The lowest BCUT2D eigenvalue weighted by atomic mass is 10.1. The lowest BCUT2D eigenvalue weighted by Crippen LogP contribution is -2.33. The predicted octanol–water partition coefficient (Wildman–Crippen LogP) is 2.97. The van der Waals surface area contributed by atoms with Gasteiger partial charge in [-0.3, -0.25) is 9.69 Å². The third-order valence-electron chi connectivity index (χ3n) is 4.75. The van der Waals surface area contributed by atoms with Crippen LogP contribution in [0.3, 0.4) is 0 Å². The van der Waals surface area contributed by atoms with Gasteiger partial charge in [-0.25, -0.2) is 4.68 Å². The number of nitrogens with zero attached hydrogens (tertiary/aromatic N) is 3. The van der Waals surface area contributed by atoms with Crippen molar-refractivity contribution in [3.63, 3.8) is 0 Å². The number of fused-ring (bicyclic) bond motifs is 2. The molecule has 1 heterocycles. The van der Waals surface area contributed by atoms with Gasteiger partial charge in [0.1, 0.15) is 0 Å². The Kier molecular flexibility index (Phi) is 3.46. The van der Waals surface area contributed by atoms with E-state index in [9.17, 15) is 4.79 Å². The lowest BCUT2D eigenvalue weighted by Gasteiger charge is -2.25. The van der Waals surface area contributed by atoms with Gasteiger partial charge < -0.3 is 0 Å². The first-order valence-electron chi connectivity index (χ1n) is 7.97. The van der Waals surface area contributed by atoms with E-state index in [-0.39, 0.29) is 5.56 Å². The van der Waals surface area contributed by atoms with E-state index in [1.165, 1.54) is 11.1 Å². The SMILES string of the molecule is CN(Cn1ncc2ccccc2c1=O)C1CCc2ccccc21. The molecule has 0 fully saturated rings. The van der Waals surface area contributed by atoms with Crippen molar-refractivity contribution in [2.24, 2.45) is 0 Å². The molecule has 0 spiro atoms. The molecule has 0 saturated heterocycles. The van der Waals surface area contributed by atoms with Crippen molar-refractivity contribution in [3.05, 3.63) is 76.2 Å². The van der Waals surface area contributed by atoms with Gasteiger partial charge >= 0.3 is 0 Å². The van der Waals surface area contributed by atoms with E-state index in [2.05, 4.69) is 41.3 Å². The first kappa shape index (κ1) is 14.2. The first-order valence-corrected chi connectivity index (χ1v) is 7.97. The number of aryl methyl sites for hydroxylation is 1. The molecule has 1 aromatic heterocycles. The van der Waals surface area contributed by atoms with Gasteiger partial charge in [-0.1, -0.05) is 42.5 Å². The highest BCUT2D eigenvalue weighted by Gasteiger charge is 2.25. The van der Waals surface area contributed by atoms with Gasteiger partial charge in [0.25, 0.3) is 5.56 Å². The standard InChI is InChI=1S/C19H19N3O/c1-21(18-11-10-14-6-2-4-8-16(14)18)13-22-19(23)17-9-5-3-7-15(17)12-20-22/h2-9,12,18H,10-11,13H2,1H3. The Morgan fingerprint density at radius 2 is 1.96 bits per heavy atom. The van der Waals surface area contributed by atoms with Crippen LogP contribution in [-0.2, 0) is 13.1 Å². The maximum atomic E-state index is 12.6. The van der Waals surface area contributed by atoms with Gasteiger partial charge in [-0.15, -0.1) is 0 Å². The van der Waals surface area contributed by atoms with Crippen LogP contribution >= 0.6 is 0 Å². The molecule has 2 aromatic carbocycles. The summed E-state index contributed by atoms with van der Waals surface area (Å²) < 4.78 is 1.56. The Labute approximate surface area is 135 Å². The van der Waals surface area contributed by atoms with E-state index >= 15 is 0 Å². The van der Waals surface area contributed by atoms with Crippen LogP contribution in [0.5, 0.6) is 0 Å². The molecule has 23 heavy (non-hydrogen) atoms. The monoisotopic (exact) mass is 305 g/mol. The Balaban J connectivity index is 1.64. The van der Waals surface area contributed by atoms with Crippen LogP contribution < -0.4 is 5.56 Å². The molecule has 1 aliphatic rings. The van der Waals surface area contributed by atoms with Crippen LogP contribution in [0.25, 0.3) is 10.8 Å². The summed E-state index contributed by atoms with van der Waals surface area (Å²) in [5.74, 6) is 0. The van der Waals surface area contributed by atoms with E-state index in [1.807, 2.05) is 24.3 Å². The van der Waals surface area contributed by atoms with Crippen LogP contribution in [0.4, 0.5) is 0 Å². The fourth-order valence-electron chi connectivity index (χ4n) is 3.53. The molecule has 0 radical (unpaired) electrons. The first-order chi connectivity index (χ1) is 11.2. The minimum Gasteiger partial charge on any atom is -0.280 e. The summed E-state index contributed by atoms with van der Waals surface area (Å²) in [4.78, 5) is 14.8. The minimum atomic E-state index is -0.0266. The van der Waals surface area contributed by atoms with E-state index in [1.54, 1.807) is 10.9 Å². The summed E-state index contributed by atoms with van der Waals surface area (Å²) in [5.41, 5.74) is 2.77. The Morgan fingerprint density at radius 3 is 2.87 bits per heavy atom. The summed E-state index contributed by atoms with van der Waals surface area (Å²) >= 11 is 0. The topological polar surface area (TPSA) is 38.1 Å². The van der Waals surface area contributed by atoms with Gasteiger partial charge in [-0.2, -0.15) is 5.10 Å². The highest BCUT2D eigenvalue weighted by molar-refractivity contribution is 5.80. The third kappa shape index (κ3) is 2.45. The van der Waals surface area contributed by atoms with Crippen molar-refractivity contribution < 1.29 is 0 Å². The molecule has 3 aromatic rings. The highest BCUT2D eigenvalue weighted by Crippen LogP contribution is 2.34. The fourth-order valence-corrected chi connectivity index (χ4v) is 3.53. The molecule has 0 bridgehead atoms. The number of rotatable bonds is 3. The zero-order valence-corrected chi connectivity index (χ0v) is 13.1. The molecule has 4 rings (SSSR count). The van der Waals surface area contributed by atoms with E-state index < -0.39 is 0 Å². The summed E-state index contributed by atoms with van der Waals surface area (Å²) in [6.45, 7) is 0.503. The highest BCUT2D eigenvalue weighted by atomic mass is 16.1. The summed E-state index contributed by atoms with van der Waals surface area (Å²) in [5, 5.41) is 5.95. The van der Waals surface area contributed by atoms with Crippen LogP contribution in [0.1, 0.15) is 23.6 Å². The van der Waals surface area contributed by atoms with E-state index in [0.29, 0.717) is 12.7 Å². The molecule has 4 heteroatoms. The molecule has 0 amide bonds. The molecule has 1 unspecified atom stereocenters. The van der Waals surface area contributed by atoms with Crippen LogP contribution in [0.2, 0.25) is 0 Å². The number of aromatic nitrogens is 2. The number of hydrogen-bond donors (Lipinski definition) is 0. The van der Waals surface area contributed by atoms with E-state index in [4.69, 9.17) is 0 Å². The van der Waals surface area contributed by atoms with Crippen molar-refractivity contribution in [2.75, 3.05) is 7.05 Å². The predicted molar refractivity (Wildman–Crippen MR) is 91.3 cm³/mol. The molecule has 1 atom stereocenters. The Hall–Kier alpha value is -2.46. The molecule has 0 N–H and O–H groups in total. The lowest BCUT2D eigenvalue weighted by molar-refractivity contribution is 0.180. The van der Waals surface area contributed by atoms with Crippen molar-refractivity contribution in [3.8, 4) is 0 Å². The Morgan fingerprint density at radius 1 is 1.17 bits per heavy atom. The second-order valence-corrected chi connectivity index (χ2v) is 6.19. The fraction of sp³-hybridized carbons (Fsp3) is 0.263. The zero-order chi connectivity index (χ0) is 15.8. The van der Waals surface area contributed by atoms with E-state index in [0.717, 1.165) is 23.6 Å². The molecule has 1 aliphatic carbocycles. The van der Waals surface area contributed by atoms with Gasteiger partial charge in [0.15, 0.2) is 0 Å². The molecular formula is C19H19N3O. The molecule has 0 saturated carbocycles. The molecule has 0 aliphatic heterocycles. The van der Waals surface area contributed by atoms with Crippen molar-refractivity contribution >= 4 is 10.8 Å². The van der Waals surface area contributed by atoms with Crippen LogP contribution in [-0.4, -0.2) is 21.7 Å². The molecule has 116 valence electrons. The van der Waals surface area contributed by atoms with Crippen LogP contribution in [0.15, 0.2) is 59.5 Å². The quantitative estimate of drug-likeness (QED) is 0.746. The number of benzene rings is 2. The zero-order valence-electron chi connectivity index (χ0n) is 13.1. The second-order valence-electron chi connectivity index (χ2n) is 6.19. The molecule has 4 nitrogen and oxygen atoms in total. The maximum Gasteiger partial charge on any atom is 0.275 e. The third-order valence-corrected chi connectivity index (χ3v) is 4.75. The van der Waals surface area contributed by atoms with Gasteiger partial charge in [-0.05, 0) is 37.1 Å². The van der Waals surface area contributed by atoms with Crippen molar-refractivity contribution in [1.82, 2.24) is 14.7 Å². The molecular weight excluding hydrogens is 286 g/mol. The normalized spacial score (nSPS) is 16.9. The van der Waals surface area contributed by atoms with Gasteiger partial charge in [0.2, 0.25) is 0 Å². The van der Waals surface area contributed by atoms with Gasteiger partial charge in [0, 0.05) is 11.4 Å². The maximum absolute atomic E-state index is 12.6.